The SMILES string of the molecule is O=C(NNC(=O)C1(c2cccc(F)c2)CCCC1)c1ccccc1Cl. The minimum Gasteiger partial charge on any atom is -0.272 e. The topological polar surface area (TPSA) is 58.2 Å². The zero-order valence-corrected chi connectivity index (χ0v) is 14.3. The van der Waals surface area contributed by atoms with Gasteiger partial charge in [-0.05, 0) is 42.7 Å². The molecule has 1 aliphatic rings. The highest BCUT2D eigenvalue weighted by Gasteiger charge is 2.43. The molecule has 0 aliphatic heterocycles. The largest absolute Gasteiger partial charge is 0.272 e. The summed E-state index contributed by atoms with van der Waals surface area (Å²) in [5, 5.41) is 0.301. The van der Waals surface area contributed by atoms with Crippen molar-refractivity contribution in [2.45, 2.75) is 31.1 Å². The van der Waals surface area contributed by atoms with Crippen LogP contribution in [0, 0.1) is 5.82 Å². The fraction of sp³-hybridized carbons (Fsp3) is 0.263. The van der Waals surface area contributed by atoms with Crippen LogP contribution in [-0.2, 0) is 10.2 Å². The molecule has 4 nitrogen and oxygen atoms in total. The van der Waals surface area contributed by atoms with E-state index in [0.29, 0.717) is 23.4 Å². The predicted molar refractivity (Wildman–Crippen MR) is 93.6 cm³/mol. The summed E-state index contributed by atoms with van der Waals surface area (Å²) in [7, 11) is 0. The van der Waals surface area contributed by atoms with Crippen LogP contribution in [0.2, 0.25) is 5.02 Å². The quantitative estimate of drug-likeness (QED) is 0.819. The van der Waals surface area contributed by atoms with E-state index in [-0.39, 0.29) is 17.3 Å². The highest BCUT2D eigenvalue weighted by molar-refractivity contribution is 6.33. The van der Waals surface area contributed by atoms with Gasteiger partial charge in [-0.15, -0.1) is 0 Å². The number of hydrogen-bond acceptors (Lipinski definition) is 2. The van der Waals surface area contributed by atoms with E-state index in [2.05, 4.69) is 10.9 Å². The molecule has 0 aromatic heterocycles. The molecule has 1 saturated carbocycles. The molecule has 3 rings (SSSR count). The summed E-state index contributed by atoms with van der Waals surface area (Å²) in [6, 6.07) is 12.7. The van der Waals surface area contributed by atoms with Gasteiger partial charge < -0.3 is 0 Å². The van der Waals surface area contributed by atoms with E-state index in [4.69, 9.17) is 11.6 Å². The van der Waals surface area contributed by atoms with Crippen molar-refractivity contribution in [2.75, 3.05) is 0 Å². The lowest BCUT2D eigenvalue weighted by Crippen LogP contribution is -2.50. The van der Waals surface area contributed by atoms with E-state index in [0.717, 1.165) is 12.8 Å². The lowest BCUT2D eigenvalue weighted by Gasteiger charge is -2.28. The average Bonchev–Trinajstić information content (AvgIpc) is 3.11. The van der Waals surface area contributed by atoms with Crippen molar-refractivity contribution < 1.29 is 14.0 Å². The number of amides is 2. The first kappa shape index (κ1) is 17.4. The molecule has 130 valence electrons. The summed E-state index contributed by atoms with van der Waals surface area (Å²) in [6.45, 7) is 0. The number of carbonyl (C=O) groups is 2. The molecule has 2 aromatic rings. The number of rotatable bonds is 3. The molecular formula is C19H18ClFN2O2. The van der Waals surface area contributed by atoms with Crippen LogP contribution >= 0.6 is 11.6 Å². The third kappa shape index (κ3) is 3.51. The zero-order valence-electron chi connectivity index (χ0n) is 13.5. The Kier molecular flexibility index (Phi) is 5.04. The molecule has 2 N–H and O–H groups in total. The van der Waals surface area contributed by atoms with Gasteiger partial charge in [-0.2, -0.15) is 0 Å². The van der Waals surface area contributed by atoms with Crippen LogP contribution in [0.1, 0.15) is 41.6 Å². The van der Waals surface area contributed by atoms with E-state index in [1.54, 1.807) is 36.4 Å². The van der Waals surface area contributed by atoms with Crippen LogP contribution in [0.4, 0.5) is 4.39 Å². The summed E-state index contributed by atoms with van der Waals surface area (Å²) >= 11 is 5.99. The second-order valence-corrected chi connectivity index (χ2v) is 6.59. The van der Waals surface area contributed by atoms with E-state index in [1.165, 1.54) is 12.1 Å². The van der Waals surface area contributed by atoms with E-state index in [9.17, 15) is 14.0 Å². The van der Waals surface area contributed by atoms with Gasteiger partial charge in [0.25, 0.3) is 5.91 Å². The Morgan fingerprint density at radius 3 is 2.40 bits per heavy atom. The minimum absolute atomic E-state index is 0.274. The van der Waals surface area contributed by atoms with Crippen LogP contribution in [0.5, 0.6) is 0 Å². The second-order valence-electron chi connectivity index (χ2n) is 6.19. The van der Waals surface area contributed by atoms with Gasteiger partial charge in [0.2, 0.25) is 5.91 Å². The standard InChI is InChI=1S/C19H18ClFN2O2/c20-16-9-2-1-8-15(16)17(24)22-23-18(25)19(10-3-4-11-19)13-6-5-7-14(21)12-13/h1-2,5-9,12H,3-4,10-11H2,(H,22,24)(H,23,25). The third-order valence-electron chi connectivity index (χ3n) is 4.68. The maximum atomic E-state index is 13.6. The van der Waals surface area contributed by atoms with Gasteiger partial charge in [0, 0.05) is 0 Å². The molecule has 6 heteroatoms. The normalized spacial score (nSPS) is 15.6. The van der Waals surface area contributed by atoms with Crippen molar-refractivity contribution in [3.05, 3.63) is 70.5 Å². The van der Waals surface area contributed by atoms with Gasteiger partial charge in [-0.1, -0.05) is 48.7 Å². The minimum atomic E-state index is -0.824. The second kappa shape index (κ2) is 7.23. The third-order valence-corrected chi connectivity index (χ3v) is 5.01. The summed E-state index contributed by atoms with van der Waals surface area (Å²) in [6.07, 6.45) is 2.99. The van der Waals surface area contributed by atoms with Crippen LogP contribution < -0.4 is 10.9 Å². The maximum absolute atomic E-state index is 13.6. The van der Waals surface area contributed by atoms with E-state index in [1.807, 2.05) is 0 Å². The smallest absolute Gasteiger partial charge is 0.271 e. The first-order valence-corrected chi connectivity index (χ1v) is 8.52. The van der Waals surface area contributed by atoms with E-state index >= 15 is 0 Å². The van der Waals surface area contributed by atoms with Gasteiger partial charge in [-0.3, -0.25) is 20.4 Å². The molecule has 0 atom stereocenters. The average molecular weight is 361 g/mol. The van der Waals surface area contributed by atoms with Crippen molar-refractivity contribution in [1.29, 1.82) is 0 Å². The molecule has 2 amide bonds. The van der Waals surface area contributed by atoms with Crippen molar-refractivity contribution in [1.82, 2.24) is 10.9 Å². The number of nitrogens with one attached hydrogen (secondary N) is 2. The number of benzene rings is 2. The molecule has 1 aliphatic carbocycles. The van der Waals surface area contributed by atoms with Gasteiger partial charge in [0.15, 0.2) is 0 Å². The Bertz CT molecular complexity index is 804. The molecule has 0 unspecified atom stereocenters. The molecule has 0 spiro atoms. The van der Waals surface area contributed by atoms with Gasteiger partial charge in [0.1, 0.15) is 5.82 Å². The Morgan fingerprint density at radius 2 is 1.72 bits per heavy atom. The molecule has 2 aromatic carbocycles. The number of hydrogen-bond donors (Lipinski definition) is 2. The number of carbonyl (C=O) groups excluding carboxylic acids is 2. The Labute approximate surface area is 150 Å². The van der Waals surface area contributed by atoms with Crippen molar-refractivity contribution in [2.24, 2.45) is 0 Å². The highest BCUT2D eigenvalue weighted by atomic mass is 35.5. The highest BCUT2D eigenvalue weighted by Crippen LogP contribution is 2.41. The van der Waals surface area contributed by atoms with Crippen LogP contribution in [0.3, 0.4) is 0 Å². The summed E-state index contributed by atoms with van der Waals surface area (Å²) < 4.78 is 13.6. The van der Waals surface area contributed by atoms with Gasteiger partial charge >= 0.3 is 0 Å². The van der Waals surface area contributed by atoms with Crippen molar-refractivity contribution >= 4 is 23.4 Å². The lowest BCUT2D eigenvalue weighted by atomic mass is 9.78. The first-order chi connectivity index (χ1) is 12.0. The fourth-order valence-corrected chi connectivity index (χ4v) is 3.58. The summed E-state index contributed by atoms with van der Waals surface area (Å²) in [5.74, 6) is -1.21. The monoisotopic (exact) mass is 360 g/mol. The van der Waals surface area contributed by atoms with Gasteiger partial charge in [0.05, 0.1) is 16.0 Å². The molecular weight excluding hydrogens is 343 g/mol. The number of halogens is 2. The lowest BCUT2D eigenvalue weighted by molar-refractivity contribution is -0.127. The Hall–Kier alpha value is -2.40. The molecule has 0 radical (unpaired) electrons. The van der Waals surface area contributed by atoms with Crippen LogP contribution in [0.25, 0.3) is 0 Å². The van der Waals surface area contributed by atoms with E-state index < -0.39 is 11.3 Å². The first-order valence-electron chi connectivity index (χ1n) is 8.14. The Balaban J connectivity index is 1.76. The predicted octanol–water partition coefficient (Wildman–Crippen LogP) is 3.75. The zero-order chi connectivity index (χ0) is 17.9. The molecule has 25 heavy (non-hydrogen) atoms. The van der Waals surface area contributed by atoms with Gasteiger partial charge in [-0.25, -0.2) is 4.39 Å². The van der Waals surface area contributed by atoms with Crippen molar-refractivity contribution in [3.8, 4) is 0 Å². The molecule has 1 fully saturated rings. The Morgan fingerprint density at radius 1 is 1.00 bits per heavy atom. The summed E-state index contributed by atoms with van der Waals surface area (Å²) in [5.41, 5.74) is 4.98. The summed E-state index contributed by atoms with van der Waals surface area (Å²) in [4.78, 5) is 25.0. The number of hydrazine groups is 1. The maximum Gasteiger partial charge on any atom is 0.271 e. The molecule has 0 heterocycles. The van der Waals surface area contributed by atoms with Crippen molar-refractivity contribution in [3.63, 3.8) is 0 Å². The molecule has 0 saturated heterocycles. The fourth-order valence-electron chi connectivity index (χ4n) is 3.36. The van der Waals surface area contributed by atoms with Crippen LogP contribution in [-0.4, -0.2) is 11.8 Å². The molecule has 0 bridgehead atoms. The van der Waals surface area contributed by atoms with Crippen LogP contribution in [0.15, 0.2) is 48.5 Å².